The van der Waals surface area contributed by atoms with Crippen molar-refractivity contribution in [2.24, 2.45) is 5.73 Å². The van der Waals surface area contributed by atoms with Gasteiger partial charge in [0.1, 0.15) is 11.9 Å². The Hall–Kier alpha value is -1.34. The molecular formula is C8H11BrN4O2. The van der Waals surface area contributed by atoms with Crippen LogP contribution in [0.1, 0.15) is 0 Å². The highest BCUT2D eigenvalue weighted by Crippen LogP contribution is 2.21. The fourth-order valence-corrected chi connectivity index (χ4v) is 1.38. The van der Waals surface area contributed by atoms with Gasteiger partial charge in [-0.25, -0.2) is 4.98 Å². The third-order valence-electron chi connectivity index (χ3n) is 1.65. The Bertz CT molecular complexity index is 372. The Morgan fingerprint density at radius 1 is 1.73 bits per heavy atom. The minimum atomic E-state index is -1.24. The number of hydrogen-bond donors (Lipinski definition) is 4. The number of anilines is 2. The molecule has 0 fully saturated rings. The van der Waals surface area contributed by atoms with Crippen molar-refractivity contribution in [2.45, 2.75) is 6.10 Å². The first-order valence-electron chi connectivity index (χ1n) is 4.13. The summed E-state index contributed by atoms with van der Waals surface area (Å²) in [5.41, 5.74) is 10.9. The number of nitrogens with zero attached hydrogens (tertiary/aromatic N) is 1. The quantitative estimate of drug-likeness (QED) is 0.601. The van der Waals surface area contributed by atoms with Crippen molar-refractivity contribution in [3.8, 4) is 0 Å². The number of hydrogen-bond acceptors (Lipinski definition) is 5. The molecule has 1 amide bonds. The third-order valence-corrected chi connectivity index (χ3v) is 2.26. The van der Waals surface area contributed by atoms with Crippen LogP contribution in [0, 0.1) is 0 Å². The van der Waals surface area contributed by atoms with Gasteiger partial charge in [-0.3, -0.25) is 4.79 Å². The van der Waals surface area contributed by atoms with Gasteiger partial charge in [-0.2, -0.15) is 0 Å². The smallest absolute Gasteiger partial charge is 0.248 e. The van der Waals surface area contributed by atoms with Crippen molar-refractivity contribution in [3.05, 3.63) is 16.7 Å². The lowest BCUT2D eigenvalue weighted by molar-refractivity contribution is -0.125. The van der Waals surface area contributed by atoms with Crippen LogP contribution in [0.3, 0.4) is 0 Å². The van der Waals surface area contributed by atoms with Gasteiger partial charge in [-0.15, -0.1) is 0 Å². The van der Waals surface area contributed by atoms with Gasteiger partial charge in [0.05, 0.1) is 22.9 Å². The van der Waals surface area contributed by atoms with E-state index >= 15 is 0 Å². The van der Waals surface area contributed by atoms with Gasteiger partial charge in [0, 0.05) is 0 Å². The van der Waals surface area contributed by atoms with E-state index in [9.17, 15) is 4.79 Å². The van der Waals surface area contributed by atoms with Crippen molar-refractivity contribution in [1.82, 2.24) is 4.98 Å². The molecule has 1 aromatic rings. The van der Waals surface area contributed by atoms with E-state index < -0.39 is 12.0 Å². The van der Waals surface area contributed by atoms with E-state index in [-0.39, 0.29) is 6.54 Å². The van der Waals surface area contributed by atoms with Crippen molar-refractivity contribution in [3.63, 3.8) is 0 Å². The number of aliphatic hydroxyl groups is 1. The summed E-state index contributed by atoms with van der Waals surface area (Å²) in [6.07, 6.45) is 0.222. The summed E-state index contributed by atoms with van der Waals surface area (Å²) in [6.45, 7) is 0.00481. The summed E-state index contributed by atoms with van der Waals surface area (Å²) in [7, 11) is 0. The Labute approximate surface area is 94.8 Å². The Morgan fingerprint density at radius 2 is 2.40 bits per heavy atom. The van der Waals surface area contributed by atoms with Crippen LogP contribution in [0.25, 0.3) is 0 Å². The van der Waals surface area contributed by atoms with Gasteiger partial charge < -0.3 is 21.9 Å². The van der Waals surface area contributed by atoms with E-state index in [0.29, 0.717) is 16.0 Å². The number of amides is 1. The number of carbonyl (C=O) groups excluding carboxylic acids is 1. The SMILES string of the molecule is NC(=O)C(O)CNc1ncc(N)cc1Br. The molecule has 1 atom stereocenters. The van der Waals surface area contributed by atoms with Gasteiger partial charge in [-0.05, 0) is 22.0 Å². The molecule has 6 nitrogen and oxygen atoms in total. The van der Waals surface area contributed by atoms with Crippen LogP contribution in [-0.4, -0.2) is 28.6 Å². The average Bonchev–Trinajstić information content (AvgIpc) is 2.15. The predicted octanol–water partition coefficient (Wildman–Crippen LogP) is -0.316. The molecule has 0 aliphatic carbocycles. The van der Waals surface area contributed by atoms with E-state index in [0.717, 1.165) is 0 Å². The van der Waals surface area contributed by atoms with Gasteiger partial charge >= 0.3 is 0 Å². The van der Waals surface area contributed by atoms with E-state index in [1.54, 1.807) is 6.07 Å². The molecule has 7 heteroatoms. The first-order valence-corrected chi connectivity index (χ1v) is 4.92. The molecule has 15 heavy (non-hydrogen) atoms. The topological polar surface area (TPSA) is 114 Å². The Morgan fingerprint density at radius 3 is 2.93 bits per heavy atom. The summed E-state index contributed by atoms with van der Waals surface area (Å²) < 4.78 is 0.652. The Balaban J connectivity index is 2.62. The molecule has 1 rings (SSSR count). The number of rotatable bonds is 4. The Kier molecular flexibility index (Phi) is 3.87. The molecular weight excluding hydrogens is 264 g/mol. The summed E-state index contributed by atoms with van der Waals surface area (Å²) >= 11 is 3.23. The summed E-state index contributed by atoms with van der Waals surface area (Å²) in [4.78, 5) is 14.5. The van der Waals surface area contributed by atoms with Crippen molar-refractivity contribution in [2.75, 3.05) is 17.6 Å². The number of aromatic nitrogens is 1. The number of halogens is 1. The lowest BCUT2D eigenvalue weighted by Crippen LogP contribution is -2.34. The summed E-state index contributed by atoms with van der Waals surface area (Å²) in [6, 6.07) is 1.66. The monoisotopic (exact) mass is 274 g/mol. The van der Waals surface area contributed by atoms with Crippen LogP contribution in [0.2, 0.25) is 0 Å². The molecule has 6 N–H and O–H groups in total. The average molecular weight is 275 g/mol. The zero-order chi connectivity index (χ0) is 11.4. The number of nitrogens with one attached hydrogen (secondary N) is 1. The minimum absolute atomic E-state index is 0.00481. The second-order valence-corrected chi connectivity index (χ2v) is 3.75. The van der Waals surface area contributed by atoms with E-state index in [2.05, 4.69) is 26.2 Å². The van der Waals surface area contributed by atoms with Crippen LogP contribution in [-0.2, 0) is 4.79 Å². The number of carbonyl (C=O) groups is 1. The molecule has 82 valence electrons. The van der Waals surface area contributed by atoms with E-state index in [4.69, 9.17) is 16.6 Å². The maximum Gasteiger partial charge on any atom is 0.248 e. The molecule has 1 heterocycles. The van der Waals surface area contributed by atoms with Crippen molar-refractivity contribution in [1.29, 1.82) is 0 Å². The largest absolute Gasteiger partial charge is 0.397 e. The second-order valence-electron chi connectivity index (χ2n) is 2.90. The van der Waals surface area contributed by atoms with Gasteiger partial charge in [0.25, 0.3) is 0 Å². The highest BCUT2D eigenvalue weighted by atomic mass is 79.9. The predicted molar refractivity (Wildman–Crippen MR) is 60.0 cm³/mol. The second kappa shape index (κ2) is 4.94. The van der Waals surface area contributed by atoms with Gasteiger partial charge in [0.15, 0.2) is 0 Å². The van der Waals surface area contributed by atoms with Crippen molar-refractivity contribution >= 4 is 33.3 Å². The van der Waals surface area contributed by atoms with Crippen LogP contribution in [0.5, 0.6) is 0 Å². The molecule has 0 bridgehead atoms. The number of pyridine rings is 1. The third kappa shape index (κ3) is 3.37. The number of aliphatic hydroxyl groups excluding tert-OH is 1. The maximum atomic E-state index is 10.5. The van der Waals surface area contributed by atoms with E-state index in [1.807, 2.05) is 0 Å². The molecule has 1 unspecified atom stereocenters. The first kappa shape index (κ1) is 11.7. The minimum Gasteiger partial charge on any atom is -0.397 e. The van der Waals surface area contributed by atoms with Crippen LogP contribution in [0.15, 0.2) is 16.7 Å². The van der Waals surface area contributed by atoms with Crippen LogP contribution < -0.4 is 16.8 Å². The molecule has 0 radical (unpaired) electrons. The van der Waals surface area contributed by atoms with Crippen LogP contribution >= 0.6 is 15.9 Å². The first-order chi connectivity index (χ1) is 7.00. The lowest BCUT2D eigenvalue weighted by atomic mass is 10.3. The highest BCUT2D eigenvalue weighted by molar-refractivity contribution is 9.10. The molecule has 0 aliphatic rings. The fourth-order valence-electron chi connectivity index (χ4n) is 0.877. The zero-order valence-corrected chi connectivity index (χ0v) is 9.36. The van der Waals surface area contributed by atoms with Crippen LogP contribution in [0.4, 0.5) is 11.5 Å². The molecule has 0 saturated carbocycles. The molecule has 0 spiro atoms. The number of nitrogen functional groups attached to an aromatic ring is 1. The normalized spacial score (nSPS) is 12.1. The standard InChI is InChI=1S/C8H11BrN4O2/c9-5-1-4(10)2-12-8(5)13-3-6(14)7(11)15/h1-2,6,14H,3,10H2,(H2,11,15)(H,12,13). The van der Waals surface area contributed by atoms with Gasteiger partial charge in [-0.1, -0.05) is 0 Å². The lowest BCUT2D eigenvalue weighted by Gasteiger charge is -2.10. The van der Waals surface area contributed by atoms with Gasteiger partial charge in [0.2, 0.25) is 5.91 Å². The number of nitrogens with two attached hydrogens (primary N) is 2. The summed E-state index contributed by atoms with van der Waals surface area (Å²) in [5, 5.41) is 11.9. The van der Waals surface area contributed by atoms with Crippen molar-refractivity contribution < 1.29 is 9.90 Å². The molecule has 0 aromatic carbocycles. The summed E-state index contributed by atoms with van der Waals surface area (Å²) in [5.74, 6) is -0.293. The number of primary amides is 1. The molecule has 1 aromatic heterocycles. The molecule has 0 aliphatic heterocycles. The molecule has 0 saturated heterocycles. The fraction of sp³-hybridized carbons (Fsp3) is 0.250. The zero-order valence-electron chi connectivity index (χ0n) is 7.77. The van der Waals surface area contributed by atoms with E-state index in [1.165, 1.54) is 6.20 Å². The highest BCUT2D eigenvalue weighted by Gasteiger charge is 2.11. The maximum absolute atomic E-state index is 10.5.